The number of nitrogens with zero attached hydrogens (tertiary/aromatic N) is 2. The summed E-state index contributed by atoms with van der Waals surface area (Å²) in [7, 11) is 0. The molecule has 0 aliphatic carbocycles. The normalized spacial score (nSPS) is 11.6. The van der Waals surface area contributed by atoms with Crippen molar-refractivity contribution >= 4 is 11.5 Å². The van der Waals surface area contributed by atoms with Crippen LogP contribution >= 0.6 is 0 Å². The third kappa shape index (κ3) is 3.33. The van der Waals surface area contributed by atoms with E-state index in [9.17, 15) is 4.39 Å². The number of nitrogens with two attached hydrogens (primary N) is 1. The van der Waals surface area contributed by atoms with Crippen LogP contribution in [0.2, 0.25) is 0 Å². The highest BCUT2D eigenvalue weighted by molar-refractivity contribution is 6.02. The van der Waals surface area contributed by atoms with Crippen molar-refractivity contribution in [3.63, 3.8) is 0 Å². The molecular weight excluding hydrogens is 237 g/mol. The van der Waals surface area contributed by atoms with E-state index in [0.717, 1.165) is 0 Å². The highest BCUT2D eigenvalue weighted by Gasteiger charge is 2.13. The zero-order chi connectivity index (χ0) is 13.5. The van der Waals surface area contributed by atoms with E-state index in [-0.39, 0.29) is 12.4 Å². The maximum absolute atomic E-state index is 13.2. The summed E-state index contributed by atoms with van der Waals surface area (Å²) in [6.07, 6.45) is 0.598. The first-order valence-electron chi connectivity index (χ1n) is 5.77. The van der Waals surface area contributed by atoms with Crippen LogP contribution in [0, 0.1) is 5.82 Å². The monoisotopic (exact) mass is 255 g/mol. The SMILES string of the molecule is CCN(CCCO)c1ccc(F)cc1/C(N)=N/O. The molecule has 0 saturated heterocycles. The van der Waals surface area contributed by atoms with Crippen LogP contribution in [0.25, 0.3) is 0 Å². The van der Waals surface area contributed by atoms with Crippen molar-refractivity contribution in [2.75, 3.05) is 24.6 Å². The predicted molar refractivity (Wildman–Crippen MR) is 68.5 cm³/mol. The number of hydrogen-bond acceptors (Lipinski definition) is 4. The van der Waals surface area contributed by atoms with Crippen LogP contribution in [-0.2, 0) is 0 Å². The molecule has 18 heavy (non-hydrogen) atoms. The van der Waals surface area contributed by atoms with Gasteiger partial charge in [0.15, 0.2) is 5.84 Å². The lowest BCUT2D eigenvalue weighted by Crippen LogP contribution is -2.28. The first-order valence-corrected chi connectivity index (χ1v) is 5.77. The highest BCUT2D eigenvalue weighted by atomic mass is 19.1. The predicted octanol–water partition coefficient (Wildman–Crippen LogP) is 1.13. The van der Waals surface area contributed by atoms with Crippen molar-refractivity contribution in [1.29, 1.82) is 0 Å². The standard InChI is InChI=1S/C12H18FN3O2/c1-2-16(6-3-7-17)11-5-4-9(13)8-10(11)12(14)15-18/h4-5,8,17-18H,2-3,6-7H2,1H3,(H2,14,15). The number of amidine groups is 1. The van der Waals surface area contributed by atoms with E-state index in [1.165, 1.54) is 12.1 Å². The van der Waals surface area contributed by atoms with Gasteiger partial charge >= 0.3 is 0 Å². The third-order valence-electron chi connectivity index (χ3n) is 2.65. The summed E-state index contributed by atoms with van der Waals surface area (Å²) >= 11 is 0. The Morgan fingerprint density at radius 3 is 2.78 bits per heavy atom. The first-order chi connectivity index (χ1) is 8.63. The van der Waals surface area contributed by atoms with Crippen LogP contribution in [0.5, 0.6) is 0 Å². The van der Waals surface area contributed by atoms with Gasteiger partial charge in [0.2, 0.25) is 0 Å². The Kier molecular flexibility index (Phi) is 5.38. The molecule has 0 aromatic heterocycles. The molecule has 0 amide bonds. The minimum atomic E-state index is -0.446. The summed E-state index contributed by atoms with van der Waals surface area (Å²) in [5.41, 5.74) is 6.57. The number of aliphatic hydroxyl groups is 1. The Hall–Kier alpha value is -1.82. The molecule has 0 fully saturated rings. The molecule has 0 bridgehead atoms. The molecule has 4 N–H and O–H groups in total. The van der Waals surface area contributed by atoms with Crippen molar-refractivity contribution in [3.05, 3.63) is 29.6 Å². The van der Waals surface area contributed by atoms with Gasteiger partial charge in [-0.05, 0) is 31.5 Å². The fraction of sp³-hybridized carbons (Fsp3) is 0.417. The van der Waals surface area contributed by atoms with Gasteiger partial charge in [-0.25, -0.2) is 4.39 Å². The molecule has 0 aliphatic heterocycles. The lowest BCUT2D eigenvalue weighted by molar-refractivity contribution is 0.289. The van der Waals surface area contributed by atoms with Crippen molar-refractivity contribution in [1.82, 2.24) is 0 Å². The maximum Gasteiger partial charge on any atom is 0.172 e. The Balaban J connectivity index is 3.12. The quantitative estimate of drug-likeness (QED) is 0.308. The highest BCUT2D eigenvalue weighted by Crippen LogP contribution is 2.21. The molecule has 0 saturated carbocycles. The van der Waals surface area contributed by atoms with E-state index in [1.54, 1.807) is 6.07 Å². The summed E-state index contributed by atoms with van der Waals surface area (Å²) in [6, 6.07) is 4.14. The molecular formula is C12H18FN3O2. The van der Waals surface area contributed by atoms with Gasteiger partial charge in [0.05, 0.1) is 0 Å². The van der Waals surface area contributed by atoms with Gasteiger partial charge in [-0.3, -0.25) is 0 Å². The zero-order valence-corrected chi connectivity index (χ0v) is 10.3. The Morgan fingerprint density at radius 2 is 2.22 bits per heavy atom. The lowest BCUT2D eigenvalue weighted by Gasteiger charge is -2.25. The van der Waals surface area contributed by atoms with Gasteiger partial charge in [0.1, 0.15) is 5.82 Å². The van der Waals surface area contributed by atoms with Gasteiger partial charge in [-0.1, -0.05) is 5.16 Å². The topological polar surface area (TPSA) is 82.1 Å². The Labute approximate surface area is 105 Å². The molecule has 100 valence electrons. The van der Waals surface area contributed by atoms with Crippen LogP contribution in [0.1, 0.15) is 18.9 Å². The largest absolute Gasteiger partial charge is 0.409 e. The summed E-state index contributed by atoms with van der Waals surface area (Å²) < 4.78 is 13.2. The summed E-state index contributed by atoms with van der Waals surface area (Å²) in [5, 5.41) is 20.5. The van der Waals surface area contributed by atoms with E-state index in [4.69, 9.17) is 16.0 Å². The molecule has 1 aromatic rings. The van der Waals surface area contributed by atoms with E-state index in [0.29, 0.717) is 30.8 Å². The van der Waals surface area contributed by atoms with Crippen LogP contribution in [0.15, 0.2) is 23.4 Å². The minimum absolute atomic E-state index is 0.0800. The molecule has 0 spiro atoms. The van der Waals surface area contributed by atoms with Crippen molar-refractivity contribution < 1.29 is 14.7 Å². The smallest absolute Gasteiger partial charge is 0.172 e. The second-order valence-corrected chi connectivity index (χ2v) is 3.80. The summed E-state index contributed by atoms with van der Waals surface area (Å²) in [4.78, 5) is 1.93. The molecule has 5 nitrogen and oxygen atoms in total. The Morgan fingerprint density at radius 1 is 1.50 bits per heavy atom. The average molecular weight is 255 g/mol. The fourth-order valence-electron chi connectivity index (χ4n) is 1.75. The number of oxime groups is 1. The van der Waals surface area contributed by atoms with Crippen molar-refractivity contribution in [2.24, 2.45) is 10.9 Å². The number of rotatable bonds is 6. The molecule has 1 aromatic carbocycles. The molecule has 0 aliphatic rings. The number of halogens is 1. The third-order valence-corrected chi connectivity index (χ3v) is 2.65. The molecule has 0 unspecified atom stereocenters. The summed E-state index contributed by atoms with van der Waals surface area (Å²) in [5.74, 6) is -0.578. The minimum Gasteiger partial charge on any atom is -0.409 e. The van der Waals surface area contributed by atoms with Crippen LogP contribution in [-0.4, -0.2) is 35.8 Å². The van der Waals surface area contributed by atoms with Gasteiger partial charge in [-0.2, -0.15) is 0 Å². The Bertz CT molecular complexity index is 424. The number of anilines is 1. The first kappa shape index (κ1) is 14.2. The second kappa shape index (κ2) is 6.80. The van der Waals surface area contributed by atoms with Crippen LogP contribution in [0.3, 0.4) is 0 Å². The van der Waals surface area contributed by atoms with E-state index >= 15 is 0 Å². The fourth-order valence-corrected chi connectivity index (χ4v) is 1.75. The van der Waals surface area contributed by atoms with Crippen LogP contribution in [0.4, 0.5) is 10.1 Å². The van der Waals surface area contributed by atoms with Crippen molar-refractivity contribution in [3.8, 4) is 0 Å². The number of aliphatic hydroxyl groups excluding tert-OH is 1. The average Bonchev–Trinajstić information content (AvgIpc) is 2.39. The molecule has 6 heteroatoms. The van der Waals surface area contributed by atoms with Crippen molar-refractivity contribution in [2.45, 2.75) is 13.3 Å². The lowest BCUT2D eigenvalue weighted by atomic mass is 10.1. The zero-order valence-electron chi connectivity index (χ0n) is 10.3. The molecule has 1 rings (SSSR count). The van der Waals surface area contributed by atoms with E-state index < -0.39 is 5.82 Å². The molecule has 0 radical (unpaired) electrons. The van der Waals surface area contributed by atoms with Gasteiger partial charge < -0.3 is 20.9 Å². The second-order valence-electron chi connectivity index (χ2n) is 3.80. The molecule has 0 atom stereocenters. The summed E-state index contributed by atoms with van der Waals surface area (Å²) in [6.45, 7) is 3.31. The maximum atomic E-state index is 13.2. The van der Waals surface area contributed by atoms with Gasteiger partial charge in [-0.15, -0.1) is 0 Å². The van der Waals surface area contributed by atoms with E-state index in [1.807, 2.05) is 11.8 Å². The molecule has 0 heterocycles. The van der Waals surface area contributed by atoms with Gasteiger partial charge in [0, 0.05) is 30.9 Å². The number of hydrogen-bond donors (Lipinski definition) is 3. The van der Waals surface area contributed by atoms with E-state index in [2.05, 4.69) is 5.16 Å². The number of benzene rings is 1. The van der Waals surface area contributed by atoms with Crippen LogP contribution < -0.4 is 10.6 Å². The van der Waals surface area contributed by atoms with Gasteiger partial charge in [0.25, 0.3) is 0 Å².